The molecule has 0 atom stereocenters. The number of hydrogen-bond donors (Lipinski definition) is 5. The minimum atomic E-state index is -0.106. The summed E-state index contributed by atoms with van der Waals surface area (Å²) >= 11 is 0. The number of hydrazone groups is 1. The molecule has 0 bridgehead atoms. The Morgan fingerprint density at radius 2 is 1.83 bits per heavy atom. The minimum Gasteiger partial charge on any atom is -0.357 e. The molecule has 0 aliphatic carbocycles. The van der Waals surface area contributed by atoms with Crippen LogP contribution in [0.4, 0.5) is 17.8 Å². The van der Waals surface area contributed by atoms with Crippen LogP contribution in [0.2, 0.25) is 0 Å². The number of aromatic nitrogens is 3. The Morgan fingerprint density at radius 3 is 2.46 bits per heavy atom. The first-order chi connectivity index (χ1) is 11.7. The predicted octanol–water partition coefficient (Wildman–Crippen LogP) is 0.395. The van der Waals surface area contributed by atoms with Crippen molar-refractivity contribution in [1.29, 1.82) is 0 Å². The molecular formula is C14H19N9O. The highest BCUT2D eigenvalue weighted by atomic mass is 16.1. The van der Waals surface area contributed by atoms with Crippen molar-refractivity contribution >= 4 is 30.0 Å². The van der Waals surface area contributed by atoms with Crippen molar-refractivity contribution in [3.8, 4) is 0 Å². The van der Waals surface area contributed by atoms with E-state index < -0.39 is 0 Å². The van der Waals surface area contributed by atoms with E-state index in [-0.39, 0.29) is 17.8 Å². The third-order valence-corrected chi connectivity index (χ3v) is 2.88. The highest BCUT2D eigenvalue weighted by Gasteiger charge is 2.04. The summed E-state index contributed by atoms with van der Waals surface area (Å²) in [6, 6.07) is 7.03. The van der Waals surface area contributed by atoms with Gasteiger partial charge in [-0.15, -0.1) is 0 Å². The zero-order valence-corrected chi connectivity index (χ0v) is 13.4. The molecule has 2 aromatic rings. The standard InChI is InChI=1S/C14H19N9O/c1-3-17-11(24)10-6-4-9(5-7-10)8-18-23-14-20-12(16-2)19-13(21-14)22-15/h4-8H,3,15H2,1-2H3,(H,17,24)(H3,16,19,20,21,22,23). The fourth-order valence-electron chi connectivity index (χ4n) is 1.75. The van der Waals surface area contributed by atoms with E-state index in [1.54, 1.807) is 37.5 Å². The van der Waals surface area contributed by atoms with Gasteiger partial charge in [0.15, 0.2) is 0 Å². The lowest BCUT2D eigenvalue weighted by Crippen LogP contribution is -2.22. The van der Waals surface area contributed by atoms with Crippen LogP contribution in [0, 0.1) is 0 Å². The Balaban J connectivity index is 2.02. The Kier molecular flexibility index (Phi) is 5.97. The van der Waals surface area contributed by atoms with Crippen molar-refractivity contribution in [2.24, 2.45) is 10.9 Å². The molecule has 0 saturated carbocycles. The highest BCUT2D eigenvalue weighted by Crippen LogP contribution is 2.08. The molecule has 0 spiro atoms. The van der Waals surface area contributed by atoms with E-state index in [2.05, 4.69) is 41.5 Å². The maximum absolute atomic E-state index is 11.7. The number of hydrazine groups is 1. The zero-order chi connectivity index (χ0) is 17.4. The SMILES string of the molecule is CCNC(=O)c1ccc(C=NNc2nc(NC)nc(NN)n2)cc1. The van der Waals surface area contributed by atoms with Gasteiger partial charge in [-0.3, -0.25) is 10.2 Å². The molecule has 0 unspecified atom stereocenters. The van der Waals surface area contributed by atoms with E-state index in [0.29, 0.717) is 18.1 Å². The first-order valence-corrected chi connectivity index (χ1v) is 7.24. The van der Waals surface area contributed by atoms with Gasteiger partial charge in [-0.25, -0.2) is 11.3 Å². The van der Waals surface area contributed by atoms with Crippen molar-refractivity contribution in [3.63, 3.8) is 0 Å². The minimum absolute atomic E-state index is 0.106. The van der Waals surface area contributed by atoms with Crippen molar-refractivity contribution in [3.05, 3.63) is 35.4 Å². The summed E-state index contributed by atoms with van der Waals surface area (Å²) in [7, 11) is 1.68. The fraction of sp³-hybridized carbons (Fsp3) is 0.214. The molecule has 0 aliphatic heterocycles. The monoisotopic (exact) mass is 329 g/mol. The number of hydrogen-bond acceptors (Lipinski definition) is 9. The molecule has 0 fully saturated rings. The molecule has 1 aromatic carbocycles. The molecule has 126 valence electrons. The molecule has 10 heteroatoms. The molecule has 2 rings (SSSR count). The van der Waals surface area contributed by atoms with Gasteiger partial charge in [0.1, 0.15) is 0 Å². The van der Waals surface area contributed by atoms with Gasteiger partial charge in [-0.05, 0) is 24.6 Å². The average Bonchev–Trinajstić information content (AvgIpc) is 2.62. The lowest BCUT2D eigenvalue weighted by molar-refractivity contribution is 0.0956. The second-order valence-electron chi connectivity index (χ2n) is 4.55. The predicted molar refractivity (Wildman–Crippen MR) is 92.8 cm³/mol. The normalized spacial score (nSPS) is 10.5. The van der Waals surface area contributed by atoms with Crippen molar-refractivity contribution in [2.75, 3.05) is 29.8 Å². The Bertz CT molecular complexity index is 692. The van der Waals surface area contributed by atoms with Crippen LogP contribution >= 0.6 is 0 Å². The number of nitrogens with zero attached hydrogens (tertiary/aromatic N) is 4. The summed E-state index contributed by atoms with van der Waals surface area (Å²) < 4.78 is 0. The van der Waals surface area contributed by atoms with Gasteiger partial charge in [0.05, 0.1) is 6.21 Å². The van der Waals surface area contributed by atoms with Gasteiger partial charge < -0.3 is 10.6 Å². The number of nitrogens with two attached hydrogens (primary N) is 1. The third-order valence-electron chi connectivity index (χ3n) is 2.88. The molecule has 0 saturated heterocycles. The Hall–Kier alpha value is -3.27. The van der Waals surface area contributed by atoms with Gasteiger partial charge in [-0.2, -0.15) is 20.1 Å². The van der Waals surface area contributed by atoms with Gasteiger partial charge in [0.25, 0.3) is 5.91 Å². The lowest BCUT2D eigenvalue weighted by atomic mass is 10.1. The van der Waals surface area contributed by atoms with Gasteiger partial charge in [0.2, 0.25) is 17.8 Å². The molecular weight excluding hydrogens is 310 g/mol. The fourth-order valence-corrected chi connectivity index (χ4v) is 1.75. The van der Waals surface area contributed by atoms with E-state index in [1.807, 2.05) is 6.92 Å². The molecule has 0 radical (unpaired) electrons. The number of amides is 1. The topological polar surface area (TPSA) is 142 Å². The van der Waals surface area contributed by atoms with E-state index in [9.17, 15) is 4.79 Å². The van der Waals surface area contributed by atoms with Crippen LogP contribution in [-0.2, 0) is 0 Å². The summed E-state index contributed by atoms with van der Waals surface area (Å²) in [5.41, 5.74) is 6.45. The number of carbonyl (C=O) groups is 1. The van der Waals surface area contributed by atoms with Crippen LogP contribution in [0.1, 0.15) is 22.8 Å². The second-order valence-corrected chi connectivity index (χ2v) is 4.55. The van der Waals surface area contributed by atoms with Gasteiger partial charge in [-0.1, -0.05) is 12.1 Å². The maximum atomic E-state index is 11.7. The lowest BCUT2D eigenvalue weighted by Gasteiger charge is -2.05. The van der Waals surface area contributed by atoms with E-state index in [1.165, 1.54) is 0 Å². The van der Waals surface area contributed by atoms with Crippen molar-refractivity contribution in [2.45, 2.75) is 6.92 Å². The molecule has 0 aliphatic rings. The van der Waals surface area contributed by atoms with Crippen LogP contribution in [0.25, 0.3) is 0 Å². The number of nitrogen functional groups attached to an aromatic ring is 1. The molecule has 6 N–H and O–H groups in total. The summed E-state index contributed by atoms with van der Waals surface area (Å²) in [4.78, 5) is 23.7. The number of nitrogens with one attached hydrogen (secondary N) is 4. The van der Waals surface area contributed by atoms with Gasteiger partial charge in [0, 0.05) is 19.2 Å². The van der Waals surface area contributed by atoms with Crippen LogP contribution in [-0.4, -0.2) is 40.7 Å². The summed E-state index contributed by atoms with van der Waals surface area (Å²) in [6.07, 6.45) is 1.58. The van der Waals surface area contributed by atoms with E-state index in [4.69, 9.17) is 5.84 Å². The van der Waals surface area contributed by atoms with Crippen molar-refractivity contribution in [1.82, 2.24) is 20.3 Å². The van der Waals surface area contributed by atoms with Crippen LogP contribution in [0.3, 0.4) is 0 Å². The van der Waals surface area contributed by atoms with Crippen LogP contribution in [0.15, 0.2) is 29.4 Å². The molecule has 1 heterocycles. The van der Waals surface area contributed by atoms with Crippen molar-refractivity contribution < 1.29 is 4.79 Å². The highest BCUT2D eigenvalue weighted by molar-refractivity contribution is 5.95. The Morgan fingerprint density at radius 1 is 1.17 bits per heavy atom. The average molecular weight is 329 g/mol. The smallest absolute Gasteiger partial charge is 0.251 e. The van der Waals surface area contributed by atoms with Crippen LogP contribution < -0.4 is 27.3 Å². The zero-order valence-electron chi connectivity index (χ0n) is 13.4. The molecule has 24 heavy (non-hydrogen) atoms. The molecule has 1 amide bonds. The quantitative estimate of drug-likeness (QED) is 0.279. The first-order valence-electron chi connectivity index (χ1n) is 7.24. The number of carbonyl (C=O) groups excluding carboxylic acids is 1. The number of benzene rings is 1. The summed E-state index contributed by atoms with van der Waals surface area (Å²) in [5.74, 6) is 5.98. The molecule has 10 nitrogen and oxygen atoms in total. The Labute approximate surface area is 139 Å². The number of anilines is 3. The van der Waals surface area contributed by atoms with E-state index in [0.717, 1.165) is 5.56 Å². The van der Waals surface area contributed by atoms with E-state index >= 15 is 0 Å². The summed E-state index contributed by atoms with van der Waals surface area (Å²) in [6.45, 7) is 2.46. The largest absolute Gasteiger partial charge is 0.357 e. The summed E-state index contributed by atoms with van der Waals surface area (Å²) in [5, 5.41) is 9.58. The third kappa shape index (κ3) is 4.61. The number of rotatable bonds is 7. The first kappa shape index (κ1) is 17.1. The maximum Gasteiger partial charge on any atom is 0.251 e. The molecule has 1 aromatic heterocycles. The van der Waals surface area contributed by atoms with Crippen LogP contribution in [0.5, 0.6) is 0 Å². The second kappa shape index (κ2) is 8.39. The van der Waals surface area contributed by atoms with Gasteiger partial charge >= 0.3 is 0 Å².